The van der Waals surface area contributed by atoms with Crippen LogP contribution in [0.15, 0.2) is 30.3 Å². The van der Waals surface area contributed by atoms with Crippen LogP contribution in [0.4, 0.5) is 5.13 Å². The summed E-state index contributed by atoms with van der Waals surface area (Å²) in [6.45, 7) is 3.50. The number of rotatable bonds is 8. The maximum atomic E-state index is 12.1. The van der Waals surface area contributed by atoms with Crippen LogP contribution in [0.1, 0.15) is 12.1 Å². The number of likely N-dealkylation sites (N-methyl/N-ethyl adjacent to an activating group) is 1. The van der Waals surface area contributed by atoms with Crippen molar-refractivity contribution in [3.8, 4) is 5.69 Å². The monoisotopic (exact) mass is 373 g/mol. The summed E-state index contributed by atoms with van der Waals surface area (Å²) in [6, 6.07) is 9.93. The summed E-state index contributed by atoms with van der Waals surface area (Å²) in [7, 11) is 3.53. The lowest BCUT2D eigenvalue weighted by molar-refractivity contribution is -0.119. The quantitative estimate of drug-likeness (QED) is 0.614. The van der Waals surface area contributed by atoms with Gasteiger partial charge in [-0.15, -0.1) is 0 Å². The number of aromatic nitrogens is 3. The SMILES string of the molecule is COCCCNC(=O)CN(C)c1nc2c(s1)c(C)nn2-c1ccccc1. The van der Waals surface area contributed by atoms with Crippen LogP contribution in [0.5, 0.6) is 0 Å². The van der Waals surface area contributed by atoms with Crippen LogP contribution in [0.2, 0.25) is 0 Å². The number of anilines is 1. The van der Waals surface area contributed by atoms with Gasteiger partial charge in [-0.3, -0.25) is 4.79 Å². The first-order valence-corrected chi connectivity index (χ1v) is 9.30. The number of para-hydroxylation sites is 1. The first kappa shape index (κ1) is 18.3. The molecule has 8 heteroatoms. The lowest BCUT2D eigenvalue weighted by atomic mass is 10.3. The minimum Gasteiger partial charge on any atom is -0.385 e. The Balaban J connectivity index is 1.74. The number of hydrogen-bond donors (Lipinski definition) is 1. The highest BCUT2D eigenvalue weighted by Crippen LogP contribution is 2.31. The van der Waals surface area contributed by atoms with Gasteiger partial charge in [0.15, 0.2) is 10.8 Å². The summed E-state index contributed by atoms with van der Waals surface area (Å²) in [6.07, 6.45) is 0.805. The molecule has 0 saturated carbocycles. The standard InChI is InChI=1S/C18H23N5O2S/c1-13-16-17(23(21-13)14-8-5-4-6-9-14)20-18(26-16)22(2)12-15(24)19-10-7-11-25-3/h4-6,8-9H,7,10-12H2,1-3H3,(H,19,24). The molecule has 0 unspecified atom stereocenters. The summed E-state index contributed by atoms with van der Waals surface area (Å²) in [5, 5.41) is 8.29. The molecule has 2 aromatic heterocycles. The van der Waals surface area contributed by atoms with E-state index in [9.17, 15) is 4.79 Å². The predicted octanol–water partition coefficient (Wildman–Crippen LogP) is 2.38. The van der Waals surface area contributed by atoms with Crippen molar-refractivity contribution in [2.24, 2.45) is 0 Å². The Kier molecular flexibility index (Phi) is 5.85. The Bertz CT molecular complexity index is 874. The number of amides is 1. The fourth-order valence-electron chi connectivity index (χ4n) is 2.62. The van der Waals surface area contributed by atoms with Gasteiger partial charge in [-0.05, 0) is 25.5 Å². The fourth-order valence-corrected chi connectivity index (χ4v) is 3.57. The fraction of sp³-hybridized carbons (Fsp3) is 0.389. The van der Waals surface area contributed by atoms with E-state index < -0.39 is 0 Å². The van der Waals surface area contributed by atoms with Crippen molar-refractivity contribution in [2.75, 3.05) is 38.8 Å². The molecule has 0 aliphatic rings. The van der Waals surface area contributed by atoms with Gasteiger partial charge in [0.1, 0.15) is 0 Å². The van der Waals surface area contributed by atoms with E-state index in [2.05, 4.69) is 10.4 Å². The van der Waals surface area contributed by atoms with Gasteiger partial charge in [-0.1, -0.05) is 29.5 Å². The molecule has 0 radical (unpaired) electrons. The summed E-state index contributed by atoms with van der Waals surface area (Å²) in [5.41, 5.74) is 2.73. The number of hydrogen-bond acceptors (Lipinski definition) is 6. The van der Waals surface area contributed by atoms with E-state index in [1.165, 1.54) is 0 Å². The molecule has 0 aliphatic carbocycles. The maximum absolute atomic E-state index is 12.1. The number of thiazole rings is 1. The lowest BCUT2D eigenvalue weighted by Crippen LogP contribution is -2.35. The Morgan fingerprint density at radius 1 is 1.35 bits per heavy atom. The van der Waals surface area contributed by atoms with E-state index in [1.54, 1.807) is 18.4 Å². The number of nitrogens with zero attached hydrogens (tertiary/aromatic N) is 4. The molecular weight excluding hydrogens is 350 g/mol. The number of ether oxygens (including phenoxy) is 1. The zero-order valence-corrected chi connectivity index (χ0v) is 16.0. The molecule has 3 rings (SSSR count). The summed E-state index contributed by atoms with van der Waals surface area (Å²) in [5.74, 6) is -0.0238. The lowest BCUT2D eigenvalue weighted by Gasteiger charge is -2.15. The first-order chi connectivity index (χ1) is 12.6. The van der Waals surface area contributed by atoms with Crippen molar-refractivity contribution in [1.82, 2.24) is 20.1 Å². The first-order valence-electron chi connectivity index (χ1n) is 8.48. The molecule has 7 nitrogen and oxygen atoms in total. The molecule has 1 amide bonds. The molecule has 0 spiro atoms. The third kappa shape index (κ3) is 4.03. The van der Waals surface area contributed by atoms with Gasteiger partial charge in [0, 0.05) is 27.3 Å². The summed E-state index contributed by atoms with van der Waals surface area (Å²) in [4.78, 5) is 18.6. The normalized spacial score (nSPS) is 11.0. The van der Waals surface area contributed by atoms with E-state index in [-0.39, 0.29) is 12.5 Å². The van der Waals surface area contributed by atoms with Gasteiger partial charge in [0.2, 0.25) is 5.91 Å². The second kappa shape index (κ2) is 8.29. The van der Waals surface area contributed by atoms with Crippen LogP contribution >= 0.6 is 11.3 Å². The van der Waals surface area contributed by atoms with Gasteiger partial charge < -0.3 is 15.0 Å². The Morgan fingerprint density at radius 2 is 2.12 bits per heavy atom. The maximum Gasteiger partial charge on any atom is 0.239 e. The highest BCUT2D eigenvalue weighted by molar-refractivity contribution is 7.22. The molecular formula is C18H23N5O2S. The topological polar surface area (TPSA) is 72.3 Å². The molecule has 0 fully saturated rings. The zero-order valence-electron chi connectivity index (χ0n) is 15.2. The van der Waals surface area contributed by atoms with Crippen molar-refractivity contribution >= 4 is 32.7 Å². The number of methoxy groups -OCH3 is 1. The number of fused-ring (bicyclic) bond motifs is 1. The number of carbonyl (C=O) groups excluding carboxylic acids is 1. The third-order valence-electron chi connectivity index (χ3n) is 3.93. The van der Waals surface area contributed by atoms with E-state index in [4.69, 9.17) is 9.72 Å². The van der Waals surface area contributed by atoms with E-state index in [0.717, 1.165) is 33.3 Å². The van der Waals surface area contributed by atoms with Crippen molar-refractivity contribution in [3.05, 3.63) is 36.0 Å². The minimum absolute atomic E-state index is 0.0238. The van der Waals surface area contributed by atoms with Crippen LogP contribution in [0.3, 0.4) is 0 Å². The molecule has 2 heterocycles. The molecule has 0 aliphatic heterocycles. The van der Waals surface area contributed by atoms with E-state index in [1.807, 2.05) is 53.9 Å². The van der Waals surface area contributed by atoms with E-state index in [0.29, 0.717) is 13.2 Å². The predicted molar refractivity (Wildman–Crippen MR) is 104 cm³/mol. The van der Waals surface area contributed by atoms with Crippen molar-refractivity contribution in [3.63, 3.8) is 0 Å². The van der Waals surface area contributed by atoms with Crippen molar-refractivity contribution < 1.29 is 9.53 Å². The highest BCUT2D eigenvalue weighted by Gasteiger charge is 2.18. The van der Waals surface area contributed by atoms with Gasteiger partial charge in [0.05, 0.1) is 22.6 Å². The van der Waals surface area contributed by atoms with Crippen LogP contribution < -0.4 is 10.2 Å². The molecule has 0 atom stereocenters. The van der Waals surface area contributed by atoms with Gasteiger partial charge in [-0.25, -0.2) is 4.68 Å². The Morgan fingerprint density at radius 3 is 2.85 bits per heavy atom. The molecule has 1 aromatic carbocycles. The second-order valence-electron chi connectivity index (χ2n) is 6.03. The summed E-state index contributed by atoms with van der Waals surface area (Å²) >= 11 is 1.55. The Hall–Kier alpha value is -2.45. The number of nitrogens with one attached hydrogen (secondary N) is 1. The number of carbonyl (C=O) groups is 1. The second-order valence-corrected chi connectivity index (χ2v) is 7.01. The van der Waals surface area contributed by atoms with E-state index >= 15 is 0 Å². The molecule has 26 heavy (non-hydrogen) atoms. The van der Waals surface area contributed by atoms with Gasteiger partial charge in [0.25, 0.3) is 0 Å². The van der Waals surface area contributed by atoms with Crippen LogP contribution in [-0.4, -0.2) is 54.5 Å². The smallest absolute Gasteiger partial charge is 0.239 e. The van der Waals surface area contributed by atoms with Gasteiger partial charge in [-0.2, -0.15) is 10.1 Å². The largest absolute Gasteiger partial charge is 0.385 e. The highest BCUT2D eigenvalue weighted by atomic mass is 32.1. The zero-order chi connectivity index (χ0) is 18.5. The Labute approximate surface area is 156 Å². The average Bonchev–Trinajstić information content (AvgIpc) is 3.20. The molecule has 3 aromatic rings. The molecule has 138 valence electrons. The minimum atomic E-state index is -0.0238. The third-order valence-corrected chi connectivity index (χ3v) is 5.20. The molecule has 1 N–H and O–H groups in total. The number of aryl methyl sites for hydroxylation is 1. The summed E-state index contributed by atoms with van der Waals surface area (Å²) < 4.78 is 7.87. The van der Waals surface area contributed by atoms with Crippen molar-refractivity contribution in [2.45, 2.75) is 13.3 Å². The van der Waals surface area contributed by atoms with Crippen LogP contribution in [0.25, 0.3) is 16.0 Å². The average molecular weight is 373 g/mol. The van der Waals surface area contributed by atoms with Crippen molar-refractivity contribution in [1.29, 1.82) is 0 Å². The molecule has 0 bridgehead atoms. The van der Waals surface area contributed by atoms with Gasteiger partial charge >= 0.3 is 0 Å². The van der Waals surface area contributed by atoms with Crippen LogP contribution in [0, 0.1) is 6.92 Å². The van der Waals surface area contributed by atoms with Crippen LogP contribution in [-0.2, 0) is 9.53 Å². The number of benzene rings is 1. The molecule has 0 saturated heterocycles.